The number of ether oxygens (including phenoxy) is 1. The van der Waals surface area contributed by atoms with Gasteiger partial charge in [-0.15, -0.1) is 12.4 Å². The van der Waals surface area contributed by atoms with Gasteiger partial charge in [0.25, 0.3) is 0 Å². The van der Waals surface area contributed by atoms with Crippen molar-refractivity contribution in [2.75, 3.05) is 33.4 Å². The van der Waals surface area contributed by atoms with Crippen LogP contribution in [-0.2, 0) is 20.9 Å². The maximum absolute atomic E-state index is 13.7. The van der Waals surface area contributed by atoms with E-state index < -0.39 is 6.04 Å². The maximum atomic E-state index is 13.7. The smallest absolute Gasteiger partial charge is 0.240 e. The Balaban J connectivity index is 0.00000288. The van der Waals surface area contributed by atoms with Gasteiger partial charge < -0.3 is 20.3 Å². The monoisotopic (exact) mass is 359 g/mol. The molecule has 0 aliphatic carbocycles. The van der Waals surface area contributed by atoms with Crippen molar-refractivity contribution in [3.05, 3.63) is 35.6 Å². The maximum Gasteiger partial charge on any atom is 0.240 e. The van der Waals surface area contributed by atoms with Gasteiger partial charge in [-0.1, -0.05) is 18.2 Å². The van der Waals surface area contributed by atoms with Crippen LogP contribution >= 0.6 is 12.4 Å². The third-order valence-corrected chi connectivity index (χ3v) is 3.72. The molecule has 1 aliphatic heterocycles. The van der Waals surface area contributed by atoms with Crippen molar-refractivity contribution in [2.45, 2.75) is 19.0 Å². The molecule has 0 saturated carbocycles. The molecular formula is C16H23ClFN3O3. The topological polar surface area (TPSA) is 70.7 Å². The van der Waals surface area contributed by atoms with Crippen LogP contribution in [0.15, 0.2) is 24.3 Å². The average Bonchev–Trinajstić information content (AvgIpc) is 2.53. The predicted octanol–water partition coefficient (Wildman–Crippen LogP) is 0.701. The highest BCUT2D eigenvalue weighted by Crippen LogP contribution is 2.13. The fourth-order valence-electron chi connectivity index (χ4n) is 2.49. The number of hydrogen-bond acceptors (Lipinski definition) is 4. The van der Waals surface area contributed by atoms with Gasteiger partial charge >= 0.3 is 0 Å². The molecule has 1 aromatic carbocycles. The quantitative estimate of drug-likeness (QED) is 0.703. The second kappa shape index (κ2) is 10.2. The Labute approximate surface area is 147 Å². The number of rotatable bonds is 7. The van der Waals surface area contributed by atoms with E-state index in [0.717, 1.165) is 0 Å². The molecule has 0 radical (unpaired) electrons. The van der Waals surface area contributed by atoms with Crippen LogP contribution in [0.5, 0.6) is 0 Å². The summed E-state index contributed by atoms with van der Waals surface area (Å²) in [6, 6.07) is 5.83. The number of hydrogen-bond donors (Lipinski definition) is 2. The van der Waals surface area contributed by atoms with Crippen molar-refractivity contribution in [3.8, 4) is 0 Å². The van der Waals surface area contributed by atoms with Crippen LogP contribution in [0, 0.1) is 5.82 Å². The minimum Gasteiger partial charge on any atom is -0.383 e. The first kappa shape index (κ1) is 20.3. The molecule has 6 nitrogen and oxygen atoms in total. The van der Waals surface area contributed by atoms with Crippen LogP contribution in [0.3, 0.4) is 0 Å². The first-order valence-electron chi connectivity index (χ1n) is 7.63. The van der Waals surface area contributed by atoms with E-state index in [9.17, 15) is 14.0 Å². The number of methoxy groups -OCH3 is 1. The van der Waals surface area contributed by atoms with Crippen molar-refractivity contribution in [3.63, 3.8) is 0 Å². The summed E-state index contributed by atoms with van der Waals surface area (Å²) in [5, 5.41) is 5.73. The molecule has 0 bridgehead atoms. The SMILES string of the molecule is COCCNC(=O)CC1NCCN(Cc2ccccc2F)C1=O.Cl. The summed E-state index contributed by atoms with van der Waals surface area (Å²) in [6.07, 6.45) is 0.0658. The van der Waals surface area contributed by atoms with Crippen molar-refractivity contribution in [1.29, 1.82) is 0 Å². The van der Waals surface area contributed by atoms with Crippen LogP contribution in [-0.4, -0.2) is 56.1 Å². The van der Waals surface area contributed by atoms with Crippen molar-refractivity contribution >= 4 is 24.2 Å². The Kier molecular flexibility index (Phi) is 8.67. The summed E-state index contributed by atoms with van der Waals surface area (Å²) in [4.78, 5) is 25.8. The van der Waals surface area contributed by atoms with Gasteiger partial charge in [0.15, 0.2) is 0 Å². The summed E-state index contributed by atoms with van der Waals surface area (Å²) in [5.41, 5.74) is 0.478. The highest BCUT2D eigenvalue weighted by molar-refractivity contribution is 5.88. The van der Waals surface area contributed by atoms with E-state index in [4.69, 9.17) is 4.74 Å². The lowest BCUT2D eigenvalue weighted by atomic mass is 10.1. The molecule has 1 fully saturated rings. The highest BCUT2D eigenvalue weighted by Gasteiger charge is 2.30. The summed E-state index contributed by atoms with van der Waals surface area (Å²) in [5.74, 6) is -0.713. The molecule has 1 atom stereocenters. The van der Waals surface area contributed by atoms with E-state index in [-0.39, 0.29) is 43.0 Å². The molecule has 134 valence electrons. The van der Waals surface area contributed by atoms with Crippen LogP contribution in [0.25, 0.3) is 0 Å². The number of nitrogens with one attached hydrogen (secondary N) is 2. The van der Waals surface area contributed by atoms with E-state index in [2.05, 4.69) is 10.6 Å². The average molecular weight is 360 g/mol. The van der Waals surface area contributed by atoms with Crippen LogP contribution < -0.4 is 10.6 Å². The van der Waals surface area contributed by atoms with E-state index in [1.807, 2.05) is 0 Å². The predicted molar refractivity (Wildman–Crippen MR) is 90.4 cm³/mol. The largest absolute Gasteiger partial charge is 0.383 e. The number of benzene rings is 1. The van der Waals surface area contributed by atoms with Gasteiger partial charge in [-0.25, -0.2) is 4.39 Å². The number of amides is 2. The Morgan fingerprint density at radius 3 is 2.92 bits per heavy atom. The Morgan fingerprint density at radius 2 is 2.21 bits per heavy atom. The normalized spacial score (nSPS) is 17.3. The van der Waals surface area contributed by atoms with Gasteiger partial charge in [0.05, 0.1) is 19.1 Å². The van der Waals surface area contributed by atoms with Gasteiger partial charge in [-0.05, 0) is 6.07 Å². The molecule has 0 aromatic heterocycles. The van der Waals surface area contributed by atoms with Gasteiger partial charge in [-0.3, -0.25) is 9.59 Å². The summed E-state index contributed by atoms with van der Waals surface area (Å²) >= 11 is 0. The standard InChI is InChI=1S/C16H22FN3O3.ClH/c1-23-9-7-19-15(21)10-14-16(22)20(8-6-18-14)11-12-4-2-3-5-13(12)17;/h2-5,14,18H,6-11H2,1H3,(H,19,21);1H. The summed E-state index contributed by atoms with van der Waals surface area (Å²) < 4.78 is 18.6. The Morgan fingerprint density at radius 1 is 1.46 bits per heavy atom. The minimum atomic E-state index is -0.571. The second-order valence-corrected chi connectivity index (χ2v) is 5.40. The first-order chi connectivity index (χ1) is 11.1. The molecule has 24 heavy (non-hydrogen) atoms. The molecule has 1 heterocycles. The van der Waals surface area contributed by atoms with Crippen molar-refractivity contribution in [1.82, 2.24) is 15.5 Å². The molecular weight excluding hydrogens is 337 g/mol. The van der Waals surface area contributed by atoms with Gasteiger partial charge in [0.2, 0.25) is 11.8 Å². The third kappa shape index (κ3) is 5.74. The summed E-state index contributed by atoms with van der Waals surface area (Å²) in [6.45, 7) is 2.13. The number of piperazine rings is 1. The molecule has 0 spiro atoms. The van der Waals surface area contributed by atoms with Crippen molar-refractivity contribution < 1.29 is 18.7 Å². The number of nitrogens with zero attached hydrogens (tertiary/aromatic N) is 1. The number of carbonyl (C=O) groups is 2. The lowest BCUT2D eigenvalue weighted by Crippen LogP contribution is -2.56. The Hall–Kier alpha value is -1.70. The number of halogens is 2. The highest BCUT2D eigenvalue weighted by atomic mass is 35.5. The molecule has 8 heteroatoms. The van der Waals surface area contributed by atoms with E-state index in [0.29, 0.717) is 31.8 Å². The van der Waals surface area contributed by atoms with Gasteiger partial charge in [0.1, 0.15) is 5.82 Å². The minimum absolute atomic E-state index is 0. The Bertz CT molecular complexity index is 559. The van der Waals surface area contributed by atoms with Crippen LogP contribution in [0.1, 0.15) is 12.0 Å². The second-order valence-electron chi connectivity index (χ2n) is 5.40. The number of carbonyl (C=O) groups excluding carboxylic acids is 2. The summed E-state index contributed by atoms with van der Waals surface area (Å²) in [7, 11) is 1.55. The molecule has 1 aromatic rings. The molecule has 1 saturated heterocycles. The molecule has 1 unspecified atom stereocenters. The van der Waals surface area contributed by atoms with Gasteiger partial charge in [0, 0.05) is 38.9 Å². The molecule has 2 amide bonds. The zero-order chi connectivity index (χ0) is 16.7. The van der Waals surface area contributed by atoms with Crippen LogP contribution in [0.2, 0.25) is 0 Å². The molecule has 1 aliphatic rings. The van der Waals surface area contributed by atoms with E-state index >= 15 is 0 Å². The zero-order valence-corrected chi connectivity index (χ0v) is 14.4. The van der Waals surface area contributed by atoms with Gasteiger partial charge in [-0.2, -0.15) is 0 Å². The molecule has 2 rings (SSSR count). The molecule has 2 N–H and O–H groups in total. The zero-order valence-electron chi connectivity index (χ0n) is 13.6. The van der Waals surface area contributed by atoms with E-state index in [1.54, 1.807) is 30.2 Å². The third-order valence-electron chi connectivity index (χ3n) is 3.72. The lowest BCUT2D eigenvalue weighted by molar-refractivity contribution is -0.138. The fourth-order valence-corrected chi connectivity index (χ4v) is 2.49. The lowest BCUT2D eigenvalue weighted by Gasteiger charge is -2.33. The fraction of sp³-hybridized carbons (Fsp3) is 0.500. The van der Waals surface area contributed by atoms with E-state index in [1.165, 1.54) is 6.07 Å². The first-order valence-corrected chi connectivity index (χ1v) is 7.63. The van der Waals surface area contributed by atoms with Crippen LogP contribution in [0.4, 0.5) is 4.39 Å². The van der Waals surface area contributed by atoms with Crippen molar-refractivity contribution in [2.24, 2.45) is 0 Å².